The van der Waals surface area contributed by atoms with Gasteiger partial charge in [-0.15, -0.1) is 0 Å². The lowest BCUT2D eigenvalue weighted by molar-refractivity contribution is 0.0957. The van der Waals surface area contributed by atoms with Crippen molar-refractivity contribution < 1.29 is 9.18 Å². The van der Waals surface area contributed by atoms with E-state index in [-0.39, 0.29) is 11.7 Å². The monoisotopic (exact) mass is 319 g/mol. The number of hydrogen-bond acceptors (Lipinski definition) is 1. The smallest absolute Gasteiger partial charge is 0.251 e. The van der Waals surface area contributed by atoms with Crippen LogP contribution in [0.4, 0.5) is 4.39 Å². The summed E-state index contributed by atoms with van der Waals surface area (Å²) in [6.45, 7) is 14.3. The van der Waals surface area contributed by atoms with Crippen molar-refractivity contribution in [2.45, 2.75) is 41.0 Å². The molecule has 0 unspecified atom stereocenters. The van der Waals surface area contributed by atoms with Gasteiger partial charge in [0.15, 0.2) is 0 Å². The highest BCUT2D eigenvalue weighted by molar-refractivity contribution is 5.94. The molecular formula is C20H30FNO. The van der Waals surface area contributed by atoms with Crippen LogP contribution in [0.15, 0.2) is 60.7 Å². The maximum atomic E-state index is 12.7. The molecule has 0 aliphatic carbocycles. The number of amides is 1. The number of carbonyl (C=O) groups excluding carboxylic acids is 1. The molecule has 0 aliphatic heterocycles. The Hall–Kier alpha value is -2.16. The summed E-state index contributed by atoms with van der Waals surface area (Å²) in [5, 5.41) is 2.71. The van der Waals surface area contributed by atoms with Gasteiger partial charge in [-0.2, -0.15) is 0 Å². The molecule has 3 heteroatoms. The number of nitrogens with one attached hydrogen (secondary N) is 1. The predicted molar refractivity (Wildman–Crippen MR) is 99.1 cm³/mol. The highest BCUT2D eigenvalue weighted by Crippen LogP contribution is 2.02. The highest BCUT2D eigenvalue weighted by Gasteiger charge is 2.04. The molecule has 128 valence electrons. The Balaban J connectivity index is 0. The molecule has 0 atom stereocenters. The number of benzene rings is 1. The van der Waals surface area contributed by atoms with Crippen LogP contribution in [0.3, 0.4) is 0 Å². The minimum absolute atomic E-state index is 0.240. The quantitative estimate of drug-likeness (QED) is 0.694. The Morgan fingerprint density at radius 3 is 2.17 bits per heavy atom. The van der Waals surface area contributed by atoms with E-state index < -0.39 is 0 Å². The minimum atomic E-state index is -0.356. The Morgan fingerprint density at radius 1 is 1.17 bits per heavy atom. The average molecular weight is 319 g/mol. The van der Waals surface area contributed by atoms with Gasteiger partial charge in [0.2, 0.25) is 0 Å². The topological polar surface area (TPSA) is 29.1 Å². The first kappa shape index (κ1) is 23.1. The molecular weight excluding hydrogens is 289 g/mol. The van der Waals surface area contributed by atoms with Crippen LogP contribution in [0.1, 0.15) is 51.4 Å². The molecule has 1 aromatic rings. The van der Waals surface area contributed by atoms with E-state index >= 15 is 0 Å². The van der Waals surface area contributed by atoms with Gasteiger partial charge < -0.3 is 5.32 Å². The lowest BCUT2D eigenvalue weighted by Gasteiger charge is -2.04. The first-order chi connectivity index (χ1) is 11.0. The fourth-order valence-electron chi connectivity index (χ4n) is 1.26. The summed E-state index contributed by atoms with van der Waals surface area (Å²) in [6, 6.07) is 5.41. The Labute approximate surface area is 140 Å². The molecule has 0 saturated heterocycles. The number of hydrogen-bond donors (Lipinski definition) is 1. The molecule has 1 rings (SSSR count). The van der Waals surface area contributed by atoms with Crippen LogP contribution in [0, 0.1) is 5.82 Å². The number of carbonyl (C=O) groups is 1. The number of rotatable bonds is 5. The van der Waals surface area contributed by atoms with E-state index in [1.165, 1.54) is 30.7 Å². The maximum Gasteiger partial charge on any atom is 0.251 e. The highest BCUT2D eigenvalue weighted by atomic mass is 19.1. The van der Waals surface area contributed by atoms with Crippen molar-refractivity contribution >= 4 is 5.91 Å². The van der Waals surface area contributed by atoms with Crippen LogP contribution in [-0.2, 0) is 0 Å². The largest absolute Gasteiger partial charge is 0.348 e. The zero-order valence-electron chi connectivity index (χ0n) is 15.0. The van der Waals surface area contributed by atoms with Crippen molar-refractivity contribution in [3.63, 3.8) is 0 Å². The van der Waals surface area contributed by atoms with E-state index in [1.807, 2.05) is 45.1 Å². The van der Waals surface area contributed by atoms with Crippen LogP contribution in [-0.4, -0.2) is 12.5 Å². The third-order valence-corrected chi connectivity index (χ3v) is 2.22. The summed E-state index contributed by atoms with van der Waals surface area (Å²) in [7, 11) is 0. The second kappa shape index (κ2) is 16.2. The van der Waals surface area contributed by atoms with Gasteiger partial charge in [0, 0.05) is 12.1 Å². The van der Waals surface area contributed by atoms with Crippen LogP contribution in [0.5, 0.6) is 0 Å². The second-order valence-corrected chi connectivity index (χ2v) is 4.44. The van der Waals surface area contributed by atoms with E-state index in [4.69, 9.17) is 0 Å². The summed E-state index contributed by atoms with van der Waals surface area (Å²) in [5.74, 6) is -0.596. The van der Waals surface area contributed by atoms with E-state index in [1.54, 1.807) is 0 Å². The lowest BCUT2D eigenvalue weighted by Crippen LogP contribution is -2.24. The molecule has 0 radical (unpaired) electrons. The molecule has 0 aromatic heterocycles. The van der Waals surface area contributed by atoms with Gasteiger partial charge in [0.05, 0.1) is 0 Å². The third-order valence-electron chi connectivity index (χ3n) is 2.22. The van der Waals surface area contributed by atoms with Crippen molar-refractivity contribution in [3.8, 4) is 0 Å². The Morgan fingerprint density at radius 2 is 1.70 bits per heavy atom. The summed E-state index contributed by atoms with van der Waals surface area (Å²) < 4.78 is 12.7. The summed E-state index contributed by atoms with van der Waals surface area (Å²) in [4.78, 5) is 11.7. The van der Waals surface area contributed by atoms with E-state index in [0.29, 0.717) is 12.1 Å². The average Bonchev–Trinajstić information content (AvgIpc) is 2.56. The summed E-state index contributed by atoms with van der Waals surface area (Å²) in [5.41, 5.74) is 1.23. The Bertz CT molecular complexity index is 487. The lowest BCUT2D eigenvalue weighted by atomic mass is 10.2. The van der Waals surface area contributed by atoms with E-state index in [9.17, 15) is 9.18 Å². The normalized spacial score (nSPS) is 9.65. The first-order valence-electron chi connectivity index (χ1n) is 8.06. The molecule has 0 bridgehead atoms. The molecule has 0 fully saturated rings. The van der Waals surface area contributed by atoms with Crippen LogP contribution < -0.4 is 5.32 Å². The molecule has 1 amide bonds. The van der Waals surface area contributed by atoms with Crippen molar-refractivity contribution in [2.24, 2.45) is 0 Å². The fourth-order valence-corrected chi connectivity index (χ4v) is 1.26. The van der Waals surface area contributed by atoms with Crippen molar-refractivity contribution in [1.82, 2.24) is 5.32 Å². The predicted octanol–water partition coefficient (Wildman–Crippen LogP) is 5.69. The summed E-state index contributed by atoms with van der Waals surface area (Å²) in [6.07, 6.45) is 8.71. The zero-order valence-corrected chi connectivity index (χ0v) is 15.0. The minimum Gasteiger partial charge on any atom is -0.348 e. The SMILES string of the molecule is C=C(/C=C\C=C/C)CNC(=O)c1ccc(F)cc1.CC.CCC. The van der Waals surface area contributed by atoms with Gasteiger partial charge >= 0.3 is 0 Å². The van der Waals surface area contributed by atoms with Crippen molar-refractivity contribution in [2.75, 3.05) is 6.54 Å². The van der Waals surface area contributed by atoms with E-state index in [2.05, 4.69) is 25.7 Å². The molecule has 1 N–H and O–H groups in total. The van der Waals surface area contributed by atoms with Gasteiger partial charge in [-0.1, -0.05) is 65.0 Å². The Kier molecular flexibility index (Phi) is 16.3. The van der Waals surface area contributed by atoms with Crippen LogP contribution in [0.25, 0.3) is 0 Å². The molecule has 2 nitrogen and oxygen atoms in total. The first-order valence-corrected chi connectivity index (χ1v) is 8.06. The van der Waals surface area contributed by atoms with Crippen LogP contribution >= 0.6 is 0 Å². The maximum absolute atomic E-state index is 12.7. The summed E-state index contributed by atoms with van der Waals surface area (Å²) >= 11 is 0. The number of allylic oxidation sites excluding steroid dienone is 3. The van der Waals surface area contributed by atoms with Gasteiger partial charge in [-0.3, -0.25) is 4.79 Å². The van der Waals surface area contributed by atoms with E-state index in [0.717, 1.165) is 5.57 Å². The van der Waals surface area contributed by atoms with Crippen molar-refractivity contribution in [1.29, 1.82) is 0 Å². The molecule has 0 saturated carbocycles. The zero-order chi connectivity index (χ0) is 18.1. The molecule has 0 heterocycles. The van der Waals surface area contributed by atoms with Gasteiger partial charge in [0.1, 0.15) is 5.82 Å². The van der Waals surface area contributed by atoms with Gasteiger partial charge in [-0.05, 0) is 36.8 Å². The molecule has 1 aromatic carbocycles. The third kappa shape index (κ3) is 13.2. The molecule has 23 heavy (non-hydrogen) atoms. The van der Waals surface area contributed by atoms with Gasteiger partial charge in [-0.25, -0.2) is 4.39 Å². The standard InChI is InChI=1S/C15H16FNO.C3H8.C2H6/c1-3-4-5-6-12(2)11-17-15(18)13-7-9-14(16)10-8-13;1-3-2;1-2/h3-10H,2,11H2,1H3,(H,17,18);3H2,1-2H3;1-2H3/b4-3-,6-5-;;. The van der Waals surface area contributed by atoms with Gasteiger partial charge in [0.25, 0.3) is 5.91 Å². The molecule has 0 aliphatic rings. The number of halogens is 1. The molecule has 0 spiro atoms. The second-order valence-electron chi connectivity index (χ2n) is 4.44. The van der Waals surface area contributed by atoms with Crippen LogP contribution in [0.2, 0.25) is 0 Å². The fraction of sp³-hybridized carbons (Fsp3) is 0.350. The van der Waals surface area contributed by atoms with Crippen molar-refractivity contribution in [3.05, 3.63) is 72.1 Å².